The predicted octanol–water partition coefficient (Wildman–Crippen LogP) is 7.18. The van der Waals surface area contributed by atoms with Crippen molar-refractivity contribution in [1.29, 1.82) is 0 Å². The number of alkyl halides is 3. The van der Waals surface area contributed by atoms with Crippen LogP contribution in [0.4, 0.5) is 42.1 Å². The highest BCUT2D eigenvalue weighted by molar-refractivity contribution is 8.00. The highest BCUT2D eigenvalue weighted by Gasteiger charge is 2.42. The molecule has 1 N–H and O–H groups in total. The van der Waals surface area contributed by atoms with Crippen LogP contribution >= 0.6 is 23.4 Å². The average molecular weight is 536 g/mol. The lowest BCUT2D eigenvalue weighted by molar-refractivity contribution is -0.143. The van der Waals surface area contributed by atoms with Gasteiger partial charge in [0.1, 0.15) is 16.4 Å². The van der Waals surface area contributed by atoms with Gasteiger partial charge in [-0.1, -0.05) is 23.7 Å². The van der Waals surface area contributed by atoms with Gasteiger partial charge in [0.15, 0.2) is 23.3 Å². The zero-order chi connectivity index (χ0) is 25.9. The Labute approximate surface area is 203 Å². The Morgan fingerprint density at radius 1 is 1.06 bits per heavy atom. The molecule has 0 saturated heterocycles. The summed E-state index contributed by atoms with van der Waals surface area (Å²) in [5, 5.41) is 0.715. The van der Waals surface area contributed by atoms with Gasteiger partial charge in [-0.3, -0.25) is 9.79 Å². The van der Waals surface area contributed by atoms with Crippen LogP contribution in [-0.4, -0.2) is 22.4 Å². The molecule has 1 heterocycles. The molecule has 1 amide bonds. The fourth-order valence-electron chi connectivity index (χ4n) is 2.76. The van der Waals surface area contributed by atoms with Crippen LogP contribution in [0.3, 0.4) is 0 Å². The van der Waals surface area contributed by atoms with Gasteiger partial charge in [0.2, 0.25) is 5.91 Å². The average Bonchev–Trinajstić information content (AvgIpc) is 2.80. The standard InChI is InChI=1S/C22H13ClF7N3OS/c1-10(21(34)33-19-17(26)15(24)14(22(28,29)30)16(25)18(19)27)35-13-7-3-2-6-12(13)32-9-11-5-4-8-31-20(11)23/h2-10H,1H3,(H,33,34). The smallest absolute Gasteiger partial charge is 0.320 e. The molecule has 1 aromatic heterocycles. The van der Waals surface area contributed by atoms with Crippen molar-refractivity contribution in [3.8, 4) is 0 Å². The molecule has 0 saturated carbocycles. The molecule has 184 valence electrons. The van der Waals surface area contributed by atoms with Crippen LogP contribution in [0.15, 0.2) is 52.5 Å². The molecule has 0 fully saturated rings. The number of aromatic nitrogens is 1. The zero-order valence-corrected chi connectivity index (χ0v) is 19.0. The number of hydrogen-bond acceptors (Lipinski definition) is 4. The van der Waals surface area contributed by atoms with Crippen LogP contribution in [0.25, 0.3) is 0 Å². The Morgan fingerprint density at radius 3 is 2.29 bits per heavy atom. The molecule has 1 atom stereocenters. The number of halogens is 8. The third-order valence-corrected chi connectivity index (χ3v) is 5.95. The molecule has 0 aliphatic heterocycles. The molecule has 0 spiro atoms. The van der Waals surface area contributed by atoms with Gasteiger partial charge < -0.3 is 5.32 Å². The molecule has 35 heavy (non-hydrogen) atoms. The summed E-state index contributed by atoms with van der Waals surface area (Å²) in [5.41, 5.74) is -3.49. The number of carbonyl (C=O) groups excluding carboxylic acids is 1. The van der Waals surface area contributed by atoms with E-state index in [1.54, 1.807) is 41.7 Å². The minimum absolute atomic E-state index is 0.203. The SMILES string of the molecule is CC(Sc1ccccc1N=Cc1cccnc1Cl)C(=O)Nc1c(F)c(F)c(C(F)(F)F)c(F)c1F. The van der Waals surface area contributed by atoms with E-state index in [0.29, 0.717) is 16.1 Å². The second kappa shape index (κ2) is 10.6. The monoisotopic (exact) mass is 535 g/mol. The Balaban J connectivity index is 1.83. The molecule has 0 aliphatic rings. The topological polar surface area (TPSA) is 54.4 Å². The van der Waals surface area contributed by atoms with E-state index in [1.165, 1.54) is 19.3 Å². The number of thioether (sulfide) groups is 1. The second-order valence-electron chi connectivity index (χ2n) is 6.86. The quantitative estimate of drug-likeness (QED) is 0.120. The highest BCUT2D eigenvalue weighted by atomic mass is 35.5. The number of amides is 1. The van der Waals surface area contributed by atoms with Gasteiger partial charge in [-0.25, -0.2) is 22.5 Å². The highest BCUT2D eigenvalue weighted by Crippen LogP contribution is 2.39. The number of benzene rings is 2. The molecule has 13 heteroatoms. The summed E-state index contributed by atoms with van der Waals surface area (Å²) in [6.45, 7) is 1.31. The third kappa shape index (κ3) is 5.93. The van der Waals surface area contributed by atoms with Crippen molar-refractivity contribution in [1.82, 2.24) is 4.98 Å². The fourth-order valence-corrected chi connectivity index (χ4v) is 3.87. The first-order valence-electron chi connectivity index (χ1n) is 9.56. The summed E-state index contributed by atoms with van der Waals surface area (Å²) >= 11 is 6.86. The molecule has 1 unspecified atom stereocenters. The Bertz CT molecular complexity index is 1270. The number of pyridine rings is 1. The maximum Gasteiger partial charge on any atom is 0.422 e. The summed E-state index contributed by atoms with van der Waals surface area (Å²) < 4.78 is 94.1. The van der Waals surface area contributed by atoms with Crippen LogP contribution < -0.4 is 5.32 Å². The second-order valence-corrected chi connectivity index (χ2v) is 8.60. The molecule has 4 nitrogen and oxygen atoms in total. The Morgan fingerprint density at radius 2 is 1.69 bits per heavy atom. The van der Waals surface area contributed by atoms with Gasteiger partial charge in [-0.05, 0) is 31.2 Å². The van der Waals surface area contributed by atoms with Gasteiger partial charge >= 0.3 is 6.18 Å². The van der Waals surface area contributed by atoms with Crippen molar-refractivity contribution in [2.24, 2.45) is 4.99 Å². The third-order valence-electron chi connectivity index (χ3n) is 4.46. The van der Waals surface area contributed by atoms with Gasteiger partial charge in [-0.15, -0.1) is 11.8 Å². The van der Waals surface area contributed by atoms with Crippen LogP contribution in [0.5, 0.6) is 0 Å². The van der Waals surface area contributed by atoms with E-state index in [-0.39, 0.29) is 5.15 Å². The van der Waals surface area contributed by atoms with E-state index in [4.69, 9.17) is 11.6 Å². The molecule has 2 aromatic carbocycles. The van der Waals surface area contributed by atoms with E-state index >= 15 is 0 Å². The maximum absolute atomic E-state index is 14.1. The number of para-hydroxylation sites is 1. The predicted molar refractivity (Wildman–Crippen MR) is 118 cm³/mol. The number of carbonyl (C=O) groups is 1. The largest absolute Gasteiger partial charge is 0.422 e. The lowest BCUT2D eigenvalue weighted by Crippen LogP contribution is -2.25. The number of nitrogens with zero attached hydrogens (tertiary/aromatic N) is 2. The summed E-state index contributed by atoms with van der Waals surface area (Å²) in [5.74, 6) is -11.2. The Hall–Kier alpha value is -3.12. The van der Waals surface area contributed by atoms with Gasteiger partial charge in [0.05, 0.1) is 10.9 Å². The van der Waals surface area contributed by atoms with Crippen molar-refractivity contribution in [2.45, 2.75) is 23.2 Å². The zero-order valence-electron chi connectivity index (χ0n) is 17.4. The van der Waals surface area contributed by atoms with Crippen molar-refractivity contribution < 1.29 is 35.5 Å². The van der Waals surface area contributed by atoms with E-state index < -0.39 is 51.9 Å². The van der Waals surface area contributed by atoms with Crippen LogP contribution in [0.2, 0.25) is 5.15 Å². The summed E-state index contributed by atoms with van der Waals surface area (Å²) in [4.78, 5) is 21.1. The van der Waals surface area contributed by atoms with E-state index in [9.17, 15) is 35.5 Å². The van der Waals surface area contributed by atoms with Gasteiger partial charge in [0.25, 0.3) is 0 Å². The number of hydrogen-bond donors (Lipinski definition) is 1. The molecule has 0 aliphatic carbocycles. The van der Waals surface area contributed by atoms with E-state index in [1.807, 2.05) is 0 Å². The first-order valence-corrected chi connectivity index (χ1v) is 10.8. The first kappa shape index (κ1) is 26.5. The van der Waals surface area contributed by atoms with Crippen molar-refractivity contribution >= 4 is 46.9 Å². The molecular formula is C22H13ClF7N3OS. The van der Waals surface area contributed by atoms with E-state index in [2.05, 4.69) is 9.98 Å². The van der Waals surface area contributed by atoms with Gasteiger partial charge in [0, 0.05) is 22.9 Å². The lowest BCUT2D eigenvalue weighted by Gasteiger charge is -2.17. The van der Waals surface area contributed by atoms with Crippen LogP contribution in [-0.2, 0) is 11.0 Å². The minimum Gasteiger partial charge on any atom is -0.320 e. The van der Waals surface area contributed by atoms with Crippen molar-refractivity contribution in [2.75, 3.05) is 5.32 Å². The summed E-state index contributed by atoms with van der Waals surface area (Å²) in [7, 11) is 0. The number of anilines is 1. The molecule has 3 aromatic rings. The summed E-state index contributed by atoms with van der Waals surface area (Å²) in [6.07, 6.45) is -2.77. The number of rotatable bonds is 6. The van der Waals surface area contributed by atoms with Gasteiger partial charge in [-0.2, -0.15) is 13.2 Å². The van der Waals surface area contributed by atoms with Crippen LogP contribution in [0.1, 0.15) is 18.1 Å². The Kier molecular flexibility index (Phi) is 8.06. The van der Waals surface area contributed by atoms with E-state index in [0.717, 1.165) is 11.8 Å². The van der Waals surface area contributed by atoms with Crippen LogP contribution in [0, 0.1) is 23.3 Å². The minimum atomic E-state index is -5.69. The maximum atomic E-state index is 14.1. The normalized spacial score (nSPS) is 12.7. The lowest BCUT2D eigenvalue weighted by atomic mass is 10.1. The molecular weight excluding hydrogens is 523 g/mol. The molecule has 0 radical (unpaired) electrons. The molecule has 3 rings (SSSR count). The number of nitrogens with one attached hydrogen (secondary N) is 1. The molecule has 0 bridgehead atoms. The fraction of sp³-hybridized carbons (Fsp3) is 0.136. The van der Waals surface area contributed by atoms with Crippen molar-refractivity contribution in [3.05, 3.63) is 82.1 Å². The summed E-state index contributed by atoms with van der Waals surface area (Å²) in [6, 6.07) is 9.79. The first-order chi connectivity index (χ1) is 16.4. The van der Waals surface area contributed by atoms with Crippen molar-refractivity contribution in [3.63, 3.8) is 0 Å². The number of aliphatic imine (C=N–C) groups is 1.